The van der Waals surface area contributed by atoms with Crippen molar-refractivity contribution in [1.82, 2.24) is 0 Å². The lowest BCUT2D eigenvalue weighted by atomic mass is 9.96. The maximum atomic E-state index is 11.0. The predicted molar refractivity (Wildman–Crippen MR) is 87.2 cm³/mol. The molecule has 0 radical (unpaired) electrons. The zero-order valence-corrected chi connectivity index (χ0v) is 13.6. The number of carbonyl (C=O) groups is 1. The average molecular weight is 385 g/mol. The van der Waals surface area contributed by atoms with Crippen LogP contribution in [0.4, 0.5) is 5.69 Å². The first kappa shape index (κ1) is 16.5. The van der Waals surface area contributed by atoms with E-state index in [1.807, 2.05) is 18.2 Å². The molecule has 22 heavy (non-hydrogen) atoms. The molecule has 2 rings (SSSR count). The van der Waals surface area contributed by atoms with Crippen molar-refractivity contribution < 1.29 is 14.8 Å². The van der Waals surface area contributed by atoms with E-state index in [-0.39, 0.29) is 17.1 Å². The van der Waals surface area contributed by atoms with E-state index in [4.69, 9.17) is 16.7 Å². The lowest BCUT2D eigenvalue weighted by Gasteiger charge is -2.10. The molecule has 0 saturated heterocycles. The fourth-order valence-corrected chi connectivity index (χ4v) is 2.64. The van der Waals surface area contributed by atoms with Crippen LogP contribution >= 0.6 is 27.5 Å². The van der Waals surface area contributed by atoms with Crippen LogP contribution in [0.3, 0.4) is 0 Å². The van der Waals surface area contributed by atoms with E-state index in [9.17, 15) is 14.9 Å². The van der Waals surface area contributed by atoms with Crippen molar-refractivity contribution in [3.8, 4) is 11.1 Å². The van der Waals surface area contributed by atoms with Gasteiger partial charge < -0.3 is 5.11 Å². The number of rotatable bonds is 5. The normalized spacial score (nSPS) is 10.5. The van der Waals surface area contributed by atoms with Gasteiger partial charge in [-0.15, -0.1) is 0 Å². The van der Waals surface area contributed by atoms with E-state index < -0.39 is 10.9 Å². The van der Waals surface area contributed by atoms with Gasteiger partial charge in [0.1, 0.15) is 5.02 Å². The molecule has 7 heteroatoms. The van der Waals surface area contributed by atoms with E-state index in [0.29, 0.717) is 12.0 Å². The lowest BCUT2D eigenvalue weighted by molar-refractivity contribution is -0.384. The van der Waals surface area contributed by atoms with Crippen molar-refractivity contribution in [1.29, 1.82) is 0 Å². The van der Waals surface area contributed by atoms with E-state index in [0.717, 1.165) is 15.6 Å². The molecule has 114 valence electrons. The number of nitrogens with zero attached hydrogens (tertiary/aromatic N) is 1. The minimum atomic E-state index is -0.893. The van der Waals surface area contributed by atoms with Gasteiger partial charge in [0.25, 0.3) is 5.69 Å². The molecule has 1 N–H and O–H groups in total. The molecular weight excluding hydrogens is 374 g/mol. The van der Waals surface area contributed by atoms with Crippen LogP contribution in [-0.4, -0.2) is 16.0 Å². The van der Waals surface area contributed by atoms with Crippen LogP contribution in [0.5, 0.6) is 0 Å². The molecule has 0 atom stereocenters. The van der Waals surface area contributed by atoms with E-state index in [1.165, 1.54) is 12.1 Å². The topological polar surface area (TPSA) is 80.4 Å². The number of carboxylic acids is 1. The molecule has 2 aromatic carbocycles. The van der Waals surface area contributed by atoms with Gasteiger partial charge >= 0.3 is 5.97 Å². The maximum absolute atomic E-state index is 11.0. The number of hydrogen-bond acceptors (Lipinski definition) is 3. The molecule has 0 heterocycles. The molecular formula is C15H11BrClNO4. The molecule has 0 aliphatic rings. The standard InChI is InChI=1S/C15H11BrClNO4/c16-11-4-1-9(3-6-15(19)20)12(8-11)10-2-5-13(17)14(7-10)18(21)22/h1-2,4-5,7-8H,3,6H2,(H,19,20). The van der Waals surface area contributed by atoms with Crippen LogP contribution < -0.4 is 0 Å². The summed E-state index contributed by atoms with van der Waals surface area (Å²) in [5.74, 6) is -0.893. The Hall–Kier alpha value is -1.92. The first-order valence-electron chi connectivity index (χ1n) is 6.33. The summed E-state index contributed by atoms with van der Waals surface area (Å²) < 4.78 is 0.805. The smallest absolute Gasteiger partial charge is 0.303 e. The number of halogens is 2. The van der Waals surface area contributed by atoms with Crippen LogP contribution in [0, 0.1) is 10.1 Å². The third-order valence-corrected chi connectivity index (χ3v) is 3.95. The highest BCUT2D eigenvalue weighted by atomic mass is 79.9. The highest BCUT2D eigenvalue weighted by Crippen LogP contribution is 2.33. The maximum Gasteiger partial charge on any atom is 0.303 e. The summed E-state index contributed by atoms with van der Waals surface area (Å²) in [6.07, 6.45) is 0.332. The summed E-state index contributed by atoms with van der Waals surface area (Å²) >= 11 is 9.18. The van der Waals surface area contributed by atoms with E-state index in [2.05, 4.69) is 15.9 Å². The fraction of sp³-hybridized carbons (Fsp3) is 0.133. The van der Waals surface area contributed by atoms with Crippen LogP contribution in [0.25, 0.3) is 11.1 Å². The number of aryl methyl sites for hydroxylation is 1. The van der Waals surface area contributed by atoms with Gasteiger partial charge in [-0.1, -0.05) is 39.7 Å². The van der Waals surface area contributed by atoms with Gasteiger partial charge in [0.15, 0.2) is 0 Å². The minimum Gasteiger partial charge on any atom is -0.481 e. The highest BCUT2D eigenvalue weighted by Gasteiger charge is 2.15. The second-order valence-corrected chi connectivity index (χ2v) is 5.94. The molecule has 0 unspecified atom stereocenters. The van der Waals surface area contributed by atoms with Gasteiger partial charge in [-0.2, -0.15) is 0 Å². The third kappa shape index (κ3) is 3.84. The first-order chi connectivity index (χ1) is 10.4. The second-order valence-electron chi connectivity index (χ2n) is 4.62. The van der Waals surface area contributed by atoms with E-state index in [1.54, 1.807) is 6.07 Å². The zero-order valence-electron chi connectivity index (χ0n) is 11.3. The quantitative estimate of drug-likeness (QED) is 0.599. The number of aliphatic carboxylic acids is 1. The Morgan fingerprint density at radius 1 is 1.27 bits per heavy atom. The van der Waals surface area contributed by atoms with Gasteiger partial charge in [0.05, 0.1) is 4.92 Å². The first-order valence-corrected chi connectivity index (χ1v) is 7.50. The van der Waals surface area contributed by atoms with Crippen molar-refractivity contribution in [3.05, 3.63) is 61.6 Å². The minimum absolute atomic E-state index is 0.00961. The van der Waals surface area contributed by atoms with Crippen molar-refractivity contribution in [2.45, 2.75) is 12.8 Å². The van der Waals surface area contributed by atoms with Gasteiger partial charge in [-0.05, 0) is 41.3 Å². The van der Waals surface area contributed by atoms with Crippen molar-refractivity contribution in [2.75, 3.05) is 0 Å². The summed E-state index contributed by atoms with van der Waals surface area (Å²) in [4.78, 5) is 21.2. The third-order valence-electron chi connectivity index (χ3n) is 3.13. The Morgan fingerprint density at radius 3 is 2.64 bits per heavy atom. The van der Waals surface area contributed by atoms with Crippen molar-refractivity contribution in [2.24, 2.45) is 0 Å². The second kappa shape index (κ2) is 6.89. The summed E-state index contributed by atoms with van der Waals surface area (Å²) in [6, 6.07) is 9.98. The zero-order chi connectivity index (χ0) is 16.3. The molecule has 0 aliphatic carbocycles. The molecule has 0 bridgehead atoms. The monoisotopic (exact) mass is 383 g/mol. The number of nitro groups is 1. The summed E-state index contributed by atoms with van der Waals surface area (Å²) in [5, 5.41) is 19.9. The molecule has 0 aromatic heterocycles. The van der Waals surface area contributed by atoms with Gasteiger partial charge in [0, 0.05) is 17.0 Å². The highest BCUT2D eigenvalue weighted by molar-refractivity contribution is 9.10. The van der Waals surface area contributed by atoms with Crippen LogP contribution in [0.15, 0.2) is 40.9 Å². The number of benzene rings is 2. The van der Waals surface area contributed by atoms with Crippen LogP contribution in [-0.2, 0) is 11.2 Å². The summed E-state index contributed by atoms with van der Waals surface area (Å²) in [5.41, 5.74) is 2.00. The average Bonchev–Trinajstić information content (AvgIpc) is 2.46. The Bertz CT molecular complexity index is 748. The Labute approximate surface area is 139 Å². The van der Waals surface area contributed by atoms with Gasteiger partial charge in [-0.25, -0.2) is 0 Å². The lowest BCUT2D eigenvalue weighted by Crippen LogP contribution is -1.99. The molecule has 0 spiro atoms. The van der Waals surface area contributed by atoms with Crippen molar-refractivity contribution in [3.63, 3.8) is 0 Å². The molecule has 0 amide bonds. The van der Waals surface area contributed by atoms with Crippen molar-refractivity contribution >= 4 is 39.2 Å². The molecule has 2 aromatic rings. The molecule has 5 nitrogen and oxygen atoms in total. The number of hydrogen-bond donors (Lipinski definition) is 1. The predicted octanol–water partition coefficient (Wildman–Crippen LogP) is 4.69. The molecule has 0 aliphatic heterocycles. The summed E-state index contributed by atoms with van der Waals surface area (Å²) in [7, 11) is 0. The number of carboxylic acid groups (broad SMARTS) is 1. The molecule has 0 fully saturated rings. The van der Waals surface area contributed by atoms with Crippen LogP contribution in [0.2, 0.25) is 5.02 Å². The van der Waals surface area contributed by atoms with E-state index >= 15 is 0 Å². The summed E-state index contributed by atoms with van der Waals surface area (Å²) in [6.45, 7) is 0. The Kier molecular flexibility index (Phi) is 5.15. The Morgan fingerprint density at radius 2 is 2.00 bits per heavy atom. The fourth-order valence-electron chi connectivity index (χ4n) is 2.10. The van der Waals surface area contributed by atoms with Gasteiger partial charge in [0.2, 0.25) is 0 Å². The molecule has 0 saturated carbocycles. The SMILES string of the molecule is O=C(O)CCc1ccc(Br)cc1-c1ccc(Cl)c([N+](=O)[O-])c1. The number of nitro benzene ring substituents is 1. The van der Waals surface area contributed by atoms with Gasteiger partial charge in [-0.3, -0.25) is 14.9 Å². The Balaban J connectivity index is 2.51. The largest absolute Gasteiger partial charge is 0.481 e. The van der Waals surface area contributed by atoms with Crippen LogP contribution in [0.1, 0.15) is 12.0 Å².